The first-order valence-corrected chi connectivity index (χ1v) is 7.86. The molecule has 5 nitrogen and oxygen atoms in total. The highest BCUT2D eigenvalue weighted by molar-refractivity contribution is 5.85. The number of hydrogen-bond donors (Lipinski definition) is 1. The summed E-state index contributed by atoms with van der Waals surface area (Å²) in [6.45, 7) is 1.04. The Kier molecular flexibility index (Phi) is 3.71. The standard InChI is InChI=1S/C18H18N2O3/c21-18(14-11-23-16-6-2-1-5-13(14)16)20-15-7-9-22-17(15)12-4-3-8-19-10-12/h1-6,8,10,14-15,17H,7,9,11H2,(H,20,21)/t14-,15+,17-/m1/s1. The summed E-state index contributed by atoms with van der Waals surface area (Å²) in [5.41, 5.74) is 1.96. The lowest BCUT2D eigenvalue weighted by molar-refractivity contribution is -0.123. The summed E-state index contributed by atoms with van der Waals surface area (Å²) in [6.07, 6.45) is 4.20. The fourth-order valence-electron chi connectivity index (χ4n) is 3.27. The van der Waals surface area contributed by atoms with Crippen LogP contribution in [0.3, 0.4) is 0 Å². The molecule has 0 radical (unpaired) electrons. The Morgan fingerprint density at radius 1 is 1.22 bits per heavy atom. The van der Waals surface area contributed by atoms with E-state index in [0.717, 1.165) is 23.3 Å². The molecule has 23 heavy (non-hydrogen) atoms. The van der Waals surface area contributed by atoms with Crippen LogP contribution in [-0.2, 0) is 9.53 Å². The minimum atomic E-state index is -0.249. The number of fused-ring (bicyclic) bond motifs is 1. The number of nitrogens with zero attached hydrogens (tertiary/aromatic N) is 1. The van der Waals surface area contributed by atoms with E-state index in [-0.39, 0.29) is 24.0 Å². The van der Waals surface area contributed by atoms with Gasteiger partial charge in [0.2, 0.25) is 5.91 Å². The molecule has 0 spiro atoms. The molecule has 2 aliphatic rings. The fourth-order valence-corrected chi connectivity index (χ4v) is 3.27. The van der Waals surface area contributed by atoms with Crippen molar-refractivity contribution in [3.05, 3.63) is 59.9 Å². The summed E-state index contributed by atoms with van der Waals surface area (Å²) in [4.78, 5) is 16.8. The molecule has 1 aromatic heterocycles. The second-order valence-electron chi connectivity index (χ2n) is 5.88. The first kappa shape index (κ1) is 14.2. The third kappa shape index (κ3) is 2.68. The van der Waals surface area contributed by atoms with E-state index in [1.807, 2.05) is 36.4 Å². The van der Waals surface area contributed by atoms with Crippen LogP contribution >= 0.6 is 0 Å². The number of carbonyl (C=O) groups excluding carboxylic acids is 1. The van der Waals surface area contributed by atoms with Crippen molar-refractivity contribution < 1.29 is 14.3 Å². The van der Waals surface area contributed by atoms with Crippen LogP contribution in [0.25, 0.3) is 0 Å². The van der Waals surface area contributed by atoms with Crippen molar-refractivity contribution in [2.24, 2.45) is 0 Å². The molecule has 0 saturated carbocycles. The van der Waals surface area contributed by atoms with Gasteiger partial charge in [-0.3, -0.25) is 9.78 Å². The van der Waals surface area contributed by atoms with Crippen LogP contribution < -0.4 is 10.1 Å². The van der Waals surface area contributed by atoms with Gasteiger partial charge in [-0.15, -0.1) is 0 Å². The van der Waals surface area contributed by atoms with E-state index < -0.39 is 0 Å². The summed E-state index contributed by atoms with van der Waals surface area (Å²) in [6, 6.07) is 11.6. The molecule has 3 heterocycles. The van der Waals surface area contributed by atoms with Crippen molar-refractivity contribution in [1.82, 2.24) is 10.3 Å². The molecule has 4 rings (SSSR count). The Morgan fingerprint density at radius 2 is 2.13 bits per heavy atom. The van der Waals surface area contributed by atoms with Gasteiger partial charge in [0.15, 0.2) is 0 Å². The number of pyridine rings is 1. The third-order valence-electron chi connectivity index (χ3n) is 4.45. The molecule has 118 valence electrons. The first-order valence-electron chi connectivity index (χ1n) is 7.86. The summed E-state index contributed by atoms with van der Waals surface area (Å²) >= 11 is 0. The number of rotatable bonds is 3. The van der Waals surface area contributed by atoms with E-state index in [9.17, 15) is 4.79 Å². The van der Waals surface area contributed by atoms with E-state index >= 15 is 0 Å². The Bertz CT molecular complexity index is 704. The van der Waals surface area contributed by atoms with E-state index in [0.29, 0.717) is 13.2 Å². The van der Waals surface area contributed by atoms with Gasteiger partial charge >= 0.3 is 0 Å². The number of aromatic nitrogens is 1. The van der Waals surface area contributed by atoms with Crippen molar-refractivity contribution in [2.45, 2.75) is 24.5 Å². The molecular weight excluding hydrogens is 292 g/mol. The Hall–Kier alpha value is -2.40. The lowest BCUT2D eigenvalue weighted by Gasteiger charge is -2.21. The molecule has 0 bridgehead atoms. The second-order valence-corrected chi connectivity index (χ2v) is 5.88. The lowest BCUT2D eigenvalue weighted by Crippen LogP contribution is -2.40. The molecule has 2 aliphatic heterocycles. The third-order valence-corrected chi connectivity index (χ3v) is 4.45. The van der Waals surface area contributed by atoms with Crippen molar-refractivity contribution >= 4 is 5.91 Å². The molecule has 0 aliphatic carbocycles. The zero-order valence-corrected chi connectivity index (χ0v) is 12.6. The van der Waals surface area contributed by atoms with E-state index in [4.69, 9.17) is 9.47 Å². The quantitative estimate of drug-likeness (QED) is 0.944. The average molecular weight is 310 g/mol. The number of benzene rings is 1. The Balaban J connectivity index is 1.49. The van der Waals surface area contributed by atoms with Gasteiger partial charge in [0, 0.05) is 30.1 Å². The highest BCUT2D eigenvalue weighted by Gasteiger charge is 2.35. The van der Waals surface area contributed by atoms with Crippen LogP contribution in [0, 0.1) is 0 Å². The van der Waals surface area contributed by atoms with Crippen LogP contribution in [0.2, 0.25) is 0 Å². The van der Waals surface area contributed by atoms with Crippen molar-refractivity contribution in [3.8, 4) is 5.75 Å². The molecule has 3 atom stereocenters. The topological polar surface area (TPSA) is 60.5 Å². The van der Waals surface area contributed by atoms with Crippen molar-refractivity contribution in [3.63, 3.8) is 0 Å². The Morgan fingerprint density at radius 3 is 3.00 bits per heavy atom. The van der Waals surface area contributed by atoms with Crippen LogP contribution in [0.5, 0.6) is 5.75 Å². The largest absolute Gasteiger partial charge is 0.492 e. The summed E-state index contributed by atoms with van der Waals surface area (Å²) in [5.74, 6) is 0.555. The molecule has 1 N–H and O–H groups in total. The fraction of sp³-hybridized carbons (Fsp3) is 0.333. The molecule has 0 unspecified atom stereocenters. The predicted octanol–water partition coefficient (Wildman–Crippen LogP) is 2.20. The smallest absolute Gasteiger partial charge is 0.231 e. The molecule has 1 amide bonds. The number of nitrogens with one attached hydrogen (secondary N) is 1. The molecule has 5 heteroatoms. The number of amides is 1. The van der Waals surface area contributed by atoms with Gasteiger partial charge in [0.25, 0.3) is 0 Å². The normalized spacial score (nSPS) is 25.7. The zero-order chi connectivity index (χ0) is 15.6. The van der Waals surface area contributed by atoms with Crippen LogP contribution in [0.1, 0.15) is 29.6 Å². The highest BCUT2D eigenvalue weighted by Crippen LogP contribution is 2.35. The van der Waals surface area contributed by atoms with Gasteiger partial charge in [-0.05, 0) is 18.6 Å². The summed E-state index contributed by atoms with van der Waals surface area (Å²) in [7, 11) is 0. The maximum absolute atomic E-state index is 12.7. The molecule has 2 aromatic rings. The van der Waals surface area contributed by atoms with Gasteiger partial charge in [-0.25, -0.2) is 0 Å². The second kappa shape index (κ2) is 6.01. The van der Waals surface area contributed by atoms with Gasteiger partial charge in [-0.1, -0.05) is 24.3 Å². The summed E-state index contributed by atoms with van der Waals surface area (Å²) < 4.78 is 11.4. The minimum Gasteiger partial charge on any atom is -0.492 e. The molecule has 1 aromatic carbocycles. The maximum atomic E-state index is 12.7. The monoisotopic (exact) mass is 310 g/mol. The SMILES string of the molecule is O=C(N[C@H]1CCO[C@@H]1c1cccnc1)[C@@H]1COc2ccccc21. The van der Waals surface area contributed by atoms with E-state index in [1.165, 1.54) is 0 Å². The van der Waals surface area contributed by atoms with Gasteiger partial charge in [0.1, 0.15) is 24.4 Å². The Labute approximate surface area is 134 Å². The molecule has 1 saturated heterocycles. The van der Waals surface area contributed by atoms with Crippen LogP contribution in [0.15, 0.2) is 48.8 Å². The number of carbonyl (C=O) groups is 1. The number of hydrogen-bond acceptors (Lipinski definition) is 4. The minimum absolute atomic E-state index is 0.000611. The van der Waals surface area contributed by atoms with Gasteiger partial charge < -0.3 is 14.8 Å². The first-order chi connectivity index (χ1) is 11.3. The molecular formula is C18H18N2O3. The highest BCUT2D eigenvalue weighted by atomic mass is 16.5. The number of ether oxygens (including phenoxy) is 2. The average Bonchev–Trinajstić information content (AvgIpc) is 3.22. The predicted molar refractivity (Wildman–Crippen MR) is 84.2 cm³/mol. The van der Waals surface area contributed by atoms with Gasteiger partial charge in [-0.2, -0.15) is 0 Å². The van der Waals surface area contributed by atoms with E-state index in [1.54, 1.807) is 12.4 Å². The summed E-state index contributed by atoms with van der Waals surface area (Å²) in [5, 5.41) is 3.14. The lowest BCUT2D eigenvalue weighted by atomic mass is 9.98. The molecule has 1 fully saturated rings. The number of para-hydroxylation sites is 1. The zero-order valence-electron chi connectivity index (χ0n) is 12.6. The van der Waals surface area contributed by atoms with E-state index in [2.05, 4.69) is 10.3 Å². The van der Waals surface area contributed by atoms with Crippen molar-refractivity contribution in [1.29, 1.82) is 0 Å². The van der Waals surface area contributed by atoms with Gasteiger partial charge in [0.05, 0.1) is 6.04 Å². The van der Waals surface area contributed by atoms with Crippen molar-refractivity contribution in [2.75, 3.05) is 13.2 Å². The van der Waals surface area contributed by atoms with Crippen LogP contribution in [-0.4, -0.2) is 30.1 Å². The van der Waals surface area contributed by atoms with Crippen LogP contribution in [0.4, 0.5) is 0 Å². The maximum Gasteiger partial charge on any atom is 0.231 e.